The van der Waals surface area contributed by atoms with Gasteiger partial charge in [-0.2, -0.15) is 12.6 Å². The van der Waals surface area contributed by atoms with Crippen LogP contribution in [0.3, 0.4) is 0 Å². The van der Waals surface area contributed by atoms with Crippen LogP contribution in [-0.4, -0.2) is 11.7 Å². The van der Waals surface area contributed by atoms with E-state index in [1.54, 1.807) is 0 Å². The van der Waals surface area contributed by atoms with Gasteiger partial charge in [-0.1, -0.05) is 6.07 Å². The van der Waals surface area contributed by atoms with Gasteiger partial charge >= 0.3 is 6.09 Å². The minimum absolute atomic E-state index is 0.329. The van der Waals surface area contributed by atoms with Gasteiger partial charge in [-0.15, -0.1) is 0 Å². The van der Waals surface area contributed by atoms with Gasteiger partial charge in [0.05, 0.1) is 0 Å². The Morgan fingerprint density at radius 2 is 2.17 bits per heavy atom. The molecule has 1 N–H and O–H groups in total. The van der Waals surface area contributed by atoms with Gasteiger partial charge < -0.3 is 4.74 Å². The molecule has 1 unspecified atom stereocenters. The molecule has 3 nitrogen and oxygen atoms in total. The van der Waals surface area contributed by atoms with Crippen LogP contribution in [0.1, 0.15) is 43.6 Å². The molecule has 0 spiro atoms. The van der Waals surface area contributed by atoms with E-state index in [2.05, 4.69) is 17.9 Å². The molecule has 1 aromatic rings. The van der Waals surface area contributed by atoms with Gasteiger partial charge in [0.2, 0.25) is 0 Å². The Bertz CT molecular complexity index is 465. The molecule has 1 aliphatic rings. The molecular weight excluding hydrogens is 246 g/mol. The summed E-state index contributed by atoms with van der Waals surface area (Å²) in [5.74, 6) is 0. The summed E-state index contributed by atoms with van der Waals surface area (Å²) in [7, 11) is 0. The second-order valence-corrected chi connectivity index (χ2v) is 6.22. The zero-order chi connectivity index (χ0) is 13.3. The van der Waals surface area contributed by atoms with Gasteiger partial charge in [0.25, 0.3) is 0 Å². The van der Waals surface area contributed by atoms with E-state index < -0.39 is 11.7 Å². The van der Waals surface area contributed by atoms with E-state index in [1.807, 2.05) is 39.0 Å². The summed E-state index contributed by atoms with van der Waals surface area (Å²) in [6.45, 7) is 5.54. The lowest BCUT2D eigenvalue weighted by molar-refractivity contribution is 0.0636. The largest absolute Gasteiger partial charge is 0.444 e. The minimum Gasteiger partial charge on any atom is -0.444 e. The fourth-order valence-corrected chi connectivity index (χ4v) is 2.48. The lowest BCUT2D eigenvalue weighted by atomic mass is 10.1. The van der Waals surface area contributed by atoms with Crippen LogP contribution >= 0.6 is 12.6 Å². The van der Waals surface area contributed by atoms with Crippen LogP contribution in [0.2, 0.25) is 0 Å². The maximum Gasteiger partial charge on any atom is 0.412 e. The van der Waals surface area contributed by atoms with Crippen molar-refractivity contribution in [3.63, 3.8) is 0 Å². The number of carbonyl (C=O) groups excluding carboxylic acids is 1. The summed E-state index contributed by atoms with van der Waals surface area (Å²) in [4.78, 5) is 11.6. The summed E-state index contributed by atoms with van der Waals surface area (Å²) >= 11 is 4.52. The van der Waals surface area contributed by atoms with Gasteiger partial charge in [-0.25, -0.2) is 4.79 Å². The van der Waals surface area contributed by atoms with Crippen LogP contribution in [0.15, 0.2) is 18.2 Å². The van der Waals surface area contributed by atoms with Crippen molar-refractivity contribution in [3.8, 4) is 0 Å². The average molecular weight is 265 g/mol. The lowest BCUT2D eigenvalue weighted by Crippen LogP contribution is -2.27. The fourth-order valence-electron chi connectivity index (χ4n) is 2.09. The number of anilines is 1. The quantitative estimate of drug-likeness (QED) is 0.755. The van der Waals surface area contributed by atoms with Crippen molar-refractivity contribution in [1.82, 2.24) is 0 Å². The Hall–Kier alpha value is -1.16. The molecule has 98 valence electrons. The smallest absolute Gasteiger partial charge is 0.412 e. The second-order valence-electron chi connectivity index (χ2n) is 5.59. The number of nitrogens with one attached hydrogen (secondary N) is 1. The third-order valence-corrected chi connectivity index (χ3v) is 3.37. The highest BCUT2D eigenvalue weighted by molar-refractivity contribution is 7.80. The van der Waals surface area contributed by atoms with Crippen molar-refractivity contribution < 1.29 is 9.53 Å². The van der Waals surface area contributed by atoms with Crippen molar-refractivity contribution in [2.45, 2.75) is 44.5 Å². The Kier molecular flexibility index (Phi) is 3.57. The van der Waals surface area contributed by atoms with Crippen LogP contribution < -0.4 is 5.32 Å². The van der Waals surface area contributed by atoms with E-state index in [9.17, 15) is 4.79 Å². The molecule has 0 saturated carbocycles. The van der Waals surface area contributed by atoms with Gasteiger partial charge in [0.15, 0.2) is 0 Å². The van der Waals surface area contributed by atoms with Gasteiger partial charge in [-0.3, -0.25) is 5.32 Å². The fraction of sp³-hybridized carbons (Fsp3) is 0.500. The third kappa shape index (κ3) is 3.19. The number of carbonyl (C=O) groups is 1. The molecule has 0 saturated heterocycles. The van der Waals surface area contributed by atoms with Crippen LogP contribution in [0.5, 0.6) is 0 Å². The Morgan fingerprint density at radius 3 is 2.83 bits per heavy atom. The van der Waals surface area contributed by atoms with E-state index in [1.165, 1.54) is 11.1 Å². The molecule has 0 aliphatic heterocycles. The van der Waals surface area contributed by atoms with Crippen molar-refractivity contribution in [3.05, 3.63) is 29.3 Å². The number of hydrogen-bond donors (Lipinski definition) is 2. The molecule has 0 heterocycles. The summed E-state index contributed by atoms with van der Waals surface area (Å²) in [6, 6.07) is 5.94. The average Bonchev–Trinajstić information content (AvgIpc) is 2.57. The Morgan fingerprint density at radius 1 is 1.44 bits per heavy atom. The number of thiol groups is 1. The zero-order valence-electron chi connectivity index (χ0n) is 11.0. The van der Waals surface area contributed by atoms with E-state index >= 15 is 0 Å². The van der Waals surface area contributed by atoms with E-state index in [-0.39, 0.29) is 0 Å². The van der Waals surface area contributed by atoms with E-state index in [0.29, 0.717) is 5.25 Å². The Balaban J connectivity index is 2.05. The maximum atomic E-state index is 11.6. The number of ether oxygens (including phenoxy) is 1. The monoisotopic (exact) mass is 265 g/mol. The third-order valence-electron chi connectivity index (χ3n) is 2.83. The maximum absolute atomic E-state index is 11.6. The molecule has 0 fully saturated rings. The SMILES string of the molecule is CC(C)(C)OC(=O)Nc1ccc2c(c1)CCC2S. The lowest BCUT2D eigenvalue weighted by Gasteiger charge is -2.19. The first-order valence-corrected chi connectivity index (χ1v) is 6.68. The number of benzene rings is 1. The minimum atomic E-state index is -0.475. The molecule has 1 atom stereocenters. The molecule has 0 bridgehead atoms. The van der Waals surface area contributed by atoms with Crippen molar-refractivity contribution >= 4 is 24.4 Å². The number of fused-ring (bicyclic) bond motifs is 1. The topological polar surface area (TPSA) is 38.3 Å². The zero-order valence-corrected chi connectivity index (χ0v) is 11.9. The molecule has 4 heteroatoms. The number of hydrogen-bond acceptors (Lipinski definition) is 3. The summed E-state index contributed by atoms with van der Waals surface area (Å²) in [5.41, 5.74) is 2.85. The highest BCUT2D eigenvalue weighted by atomic mass is 32.1. The number of amides is 1. The van der Waals surface area contributed by atoms with Crippen LogP contribution in [0, 0.1) is 0 Å². The Labute approximate surface area is 113 Å². The normalized spacial score (nSPS) is 18.3. The number of aryl methyl sites for hydroxylation is 1. The van der Waals surface area contributed by atoms with Crippen molar-refractivity contribution in [1.29, 1.82) is 0 Å². The van der Waals surface area contributed by atoms with Crippen LogP contribution in [0.4, 0.5) is 10.5 Å². The standard InChI is InChI=1S/C14H19NO2S/c1-14(2,3)17-13(16)15-10-5-6-11-9(8-10)4-7-12(11)18/h5-6,8,12,18H,4,7H2,1-3H3,(H,15,16). The summed E-state index contributed by atoms with van der Waals surface area (Å²) in [5, 5.41) is 3.09. The second kappa shape index (κ2) is 4.84. The molecule has 18 heavy (non-hydrogen) atoms. The van der Waals surface area contributed by atoms with E-state index in [0.717, 1.165) is 18.5 Å². The molecule has 1 amide bonds. The molecule has 0 radical (unpaired) electrons. The van der Waals surface area contributed by atoms with E-state index in [4.69, 9.17) is 4.74 Å². The summed E-state index contributed by atoms with van der Waals surface area (Å²) < 4.78 is 5.22. The highest BCUT2D eigenvalue weighted by Gasteiger charge is 2.20. The van der Waals surface area contributed by atoms with Crippen LogP contribution in [-0.2, 0) is 11.2 Å². The van der Waals surface area contributed by atoms with Crippen molar-refractivity contribution in [2.75, 3.05) is 5.32 Å². The molecule has 1 aromatic carbocycles. The van der Waals surface area contributed by atoms with Crippen LogP contribution in [0.25, 0.3) is 0 Å². The van der Waals surface area contributed by atoms with Gasteiger partial charge in [0.1, 0.15) is 5.60 Å². The molecule has 2 rings (SSSR count). The predicted molar refractivity (Wildman–Crippen MR) is 76.3 cm³/mol. The van der Waals surface area contributed by atoms with Crippen molar-refractivity contribution in [2.24, 2.45) is 0 Å². The first-order valence-electron chi connectivity index (χ1n) is 6.16. The molecule has 1 aliphatic carbocycles. The highest BCUT2D eigenvalue weighted by Crippen LogP contribution is 2.36. The predicted octanol–water partition coefficient (Wildman–Crippen LogP) is 3.95. The first-order chi connectivity index (χ1) is 8.35. The summed E-state index contributed by atoms with van der Waals surface area (Å²) in [6.07, 6.45) is 1.67. The molecule has 0 aromatic heterocycles. The molecular formula is C14H19NO2S. The number of rotatable bonds is 1. The first kappa shape index (κ1) is 13.3. The van der Waals surface area contributed by atoms with Gasteiger partial charge in [-0.05, 0) is 56.9 Å². The van der Waals surface area contributed by atoms with Gasteiger partial charge in [0, 0.05) is 10.9 Å².